The number of hydrogen-bond acceptors (Lipinski definition) is 3. The predicted molar refractivity (Wildman–Crippen MR) is 71.8 cm³/mol. The highest BCUT2D eigenvalue weighted by Gasteiger charge is 2.18. The lowest BCUT2D eigenvalue weighted by atomic mass is 10.1. The van der Waals surface area contributed by atoms with Crippen LogP contribution < -0.4 is 10.1 Å². The normalized spacial score (nSPS) is 10.9. The van der Waals surface area contributed by atoms with Crippen molar-refractivity contribution in [3.05, 3.63) is 28.8 Å². The van der Waals surface area contributed by atoms with E-state index in [9.17, 15) is 9.59 Å². The van der Waals surface area contributed by atoms with Crippen LogP contribution >= 0.6 is 11.6 Å². The lowest BCUT2D eigenvalue weighted by Crippen LogP contribution is -2.43. The van der Waals surface area contributed by atoms with Crippen LogP contribution in [0, 0.1) is 0 Å². The maximum absolute atomic E-state index is 11.6. The van der Waals surface area contributed by atoms with Gasteiger partial charge in [-0.15, -0.1) is 0 Å². The molecular formula is C13H16ClNO4. The first-order valence-corrected chi connectivity index (χ1v) is 6.04. The van der Waals surface area contributed by atoms with Crippen LogP contribution in [-0.2, 0) is 4.79 Å². The molecule has 0 aromatic heterocycles. The van der Waals surface area contributed by atoms with Gasteiger partial charge < -0.3 is 15.2 Å². The van der Waals surface area contributed by atoms with Crippen molar-refractivity contribution < 1.29 is 19.4 Å². The number of carbonyl (C=O) groups excluding carboxylic acids is 1. The molecule has 0 aliphatic carbocycles. The average Bonchev–Trinajstić information content (AvgIpc) is 2.23. The molecule has 1 aromatic rings. The van der Waals surface area contributed by atoms with Crippen molar-refractivity contribution in [3.63, 3.8) is 0 Å². The maximum atomic E-state index is 11.6. The molecule has 1 aromatic carbocycles. The van der Waals surface area contributed by atoms with Crippen molar-refractivity contribution in [2.75, 3.05) is 6.61 Å². The summed E-state index contributed by atoms with van der Waals surface area (Å²) < 4.78 is 5.21. The third kappa shape index (κ3) is 4.79. The summed E-state index contributed by atoms with van der Waals surface area (Å²) in [6.45, 7) is 5.25. The summed E-state index contributed by atoms with van der Waals surface area (Å²) in [7, 11) is 0. The molecule has 1 rings (SSSR count). The second-order valence-electron chi connectivity index (χ2n) is 5.00. The van der Waals surface area contributed by atoms with Gasteiger partial charge in [0, 0.05) is 5.54 Å². The molecule has 104 valence electrons. The van der Waals surface area contributed by atoms with Crippen molar-refractivity contribution in [3.8, 4) is 5.75 Å². The van der Waals surface area contributed by atoms with Gasteiger partial charge in [-0.3, -0.25) is 4.79 Å². The van der Waals surface area contributed by atoms with Crippen LogP contribution in [-0.4, -0.2) is 29.1 Å². The van der Waals surface area contributed by atoms with E-state index in [1.807, 2.05) is 20.8 Å². The zero-order valence-corrected chi connectivity index (χ0v) is 11.7. The predicted octanol–water partition coefficient (Wildman–Crippen LogP) is 2.33. The summed E-state index contributed by atoms with van der Waals surface area (Å²) in [5, 5.41) is 11.8. The number of amides is 1. The highest BCUT2D eigenvalue weighted by molar-refractivity contribution is 6.33. The molecule has 0 spiro atoms. The van der Waals surface area contributed by atoms with Gasteiger partial charge in [-0.25, -0.2) is 4.79 Å². The van der Waals surface area contributed by atoms with Crippen LogP contribution in [0.15, 0.2) is 18.2 Å². The van der Waals surface area contributed by atoms with Crippen LogP contribution in [0.5, 0.6) is 5.75 Å². The van der Waals surface area contributed by atoms with Gasteiger partial charge in [0.25, 0.3) is 5.91 Å². The Labute approximate surface area is 116 Å². The molecule has 0 bridgehead atoms. The zero-order chi connectivity index (χ0) is 14.6. The third-order valence-corrected chi connectivity index (χ3v) is 2.38. The highest BCUT2D eigenvalue weighted by atomic mass is 35.5. The van der Waals surface area contributed by atoms with Crippen LogP contribution in [0.1, 0.15) is 31.1 Å². The van der Waals surface area contributed by atoms with Gasteiger partial charge in [-0.1, -0.05) is 17.7 Å². The van der Waals surface area contributed by atoms with Crippen molar-refractivity contribution in [1.29, 1.82) is 0 Å². The number of rotatable bonds is 4. The average molecular weight is 286 g/mol. The number of nitrogens with one attached hydrogen (secondary N) is 1. The van der Waals surface area contributed by atoms with E-state index in [1.54, 1.807) is 6.07 Å². The largest absolute Gasteiger partial charge is 0.483 e. The maximum Gasteiger partial charge on any atom is 0.341 e. The van der Waals surface area contributed by atoms with Gasteiger partial charge in [0.05, 0.1) is 5.02 Å². The van der Waals surface area contributed by atoms with Crippen molar-refractivity contribution in [2.24, 2.45) is 0 Å². The second-order valence-corrected chi connectivity index (χ2v) is 5.41. The van der Waals surface area contributed by atoms with Gasteiger partial charge in [0.15, 0.2) is 6.61 Å². The van der Waals surface area contributed by atoms with Crippen LogP contribution in [0.4, 0.5) is 0 Å². The van der Waals surface area contributed by atoms with E-state index in [2.05, 4.69) is 5.32 Å². The van der Waals surface area contributed by atoms with Crippen molar-refractivity contribution in [2.45, 2.75) is 26.3 Å². The molecule has 0 aliphatic rings. The first kappa shape index (κ1) is 15.3. The Balaban J connectivity index is 2.76. The van der Waals surface area contributed by atoms with Gasteiger partial charge in [0.1, 0.15) is 11.3 Å². The number of benzene rings is 1. The van der Waals surface area contributed by atoms with E-state index in [0.29, 0.717) is 0 Å². The first-order valence-electron chi connectivity index (χ1n) is 5.66. The van der Waals surface area contributed by atoms with Crippen LogP contribution in [0.25, 0.3) is 0 Å². The lowest BCUT2D eigenvalue weighted by molar-refractivity contribution is -0.124. The number of halogens is 1. The molecule has 0 radical (unpaired) electrons. The molecule has 0 saturated carbocycles. The number of aromatic carboxylic acids is 1. The number of ether oxygens (including phenoxy) is 1. The van der Waals surface area contributed by atoms with E-state index < -0.39 is 5.97 Å². The minimum Gasteiger partial charge on any atom is -0.483 e. The summed E-state index contributed by atoms with van der Waals surface area (Å²) in [4.78, 5) is 22.6. The highest BCUT2D eigenvalue weighted by Crippen LogP contribution is 2.26. The van der Waals surface area contributed by atoms with E-state index in [-0.39, 0.29) is 34.4 Å². The van der Waals surface area contributed by atoms with E-state index in [1.165, 1.54) is 12.1 Å². The molecule has 0 aliphatic heterocycles. The summed E-state index contributed by atoms with van der Waals surface area (Å²) in [6.07, 6.45) is 0. The van der Waals surface area contributed by atoms with Gasteiger partial charge in [-0.2, -0.15) is 0 Å². The zero-order valence-electron chi connectivity index (χ0n) is 11.0. The Kier molecular flexibility index (Phi) is 4.78. The summed E-state index contributed by atoms with van der Waals surface area (Å²) in [5.41, 5.74) is -0.516. The molecule has 0 atom stereocenters. The lowest BCUT2D eigenvalue weighted by Gasteiger charge is -2.20. The third-order valence-electron chi connectivity index (χ3n) is 2.06. The van der Waals surface area contributed by atoms with Crippen LogP contribution in [0.2, 0.25) is 5.02 Å². The molecule has 0 heterocycles. The standard InChI is InChI=1S/C13H16ClNO4/c1-13(2,3)15-10(16)7-19-9-6-4-5-8(14)11(9)12(17)18/h4-6H,7H2,1-3H3,(H,15,16)(H,17,18). The molecule has 0 fully saturated rings. The minimum atomic E-state index is -1.20. The Morgan fingerprint density at radius 1 is 1.37 bits per heavy atom. The smallest absolute Gasteiger partial charge is 0.341 e. The molecule has 6 heteroatoms. The number of carboxylic acids is 1. The molecule has 0 saturated heterocycles. The van der Waals surface area contributed by atoms with Crippen LogP contribution in [0.3, 0.4) is 0 Å². The number of carboxylic acid groups (broad SMARTS) is 1. The van der Waals surface area contributed by atoms with Crippen molar-refractivity contribution >= 4 is 23.5 Å². The Morgan fingerprint density at radius 3 is 2.53 bits per heavy atom. The molecule has 0 unspecified atom stereocenters. The Bertz CT molecular complexity index is 494. The first-order chi connectivity index (χ1) is 8.70. The summed E-state index contributed by atoms with van der Waals surface area (Å²) in [6, 6.07) is 4.47. The van der Waals surface area contributed by atoms with E-state index in [0.717, 1.165) is 0 Å². The fourth-order valence-electron chi connectivity index (χ4n) is 1.43. The molecular weight excluding hydrogens is 270 g/mol. The fraction of sp³-hybridized carbons (Fsp3) is 0.385. The fourth-order valence-corrected chi connectivity index (χ4v) is 1.68. The van der Waals surface area contributed by atoms with Crippen molar-refractivity contribution in [1.82, 2.24) is 5.32 Å². The second kappa shape index (κ2) is 5.93. The SMILES string of the molecule is CC(C)(C)NC(=O)COc1cccc(Cl)c1C(=O)O. The van der Waals surface area contributed by atoms with E-state index in [4.69, 9.17) is 21.4 Å². The Hall–Kier alpha value is -1.75. The quantitative estimate of drug-likeness (QED) is 0.890. The molecule has 19 heavy (non-hydrogen) atoms. The number of carbonyl (C=O) groups is 2. The van der Waals surface area contributed by atoms with Gasteiger partial charge >= 0.3 is 5.97 Å². The Morgan fingerprint density at radius 2 is 2.00 bits per heavy atom. The summed E-state index contributed by atoms with van der Waals surface area (Å²) >= 11 is 5.78. The molecule has 5 nitrogen and oxygen atoms in total. The minimum absolute atomic E-state index is 0.0706. The van der Waals surface area contributed by atoms with Gasteiger partial charge in [-0.05, 0) is 32.9 Å². The van der Waals surface area contributed by atoms with Gasteiger partial charge in [0.2, 0.25) is 0 Å². The molecule has 2 N–H and O–H groups in total. The molecule has 1 amide bonds. The van der Waals surface area contributed by atoms with E-state index >= 15 is 0 Å². The summed E-state index contributed by atoms with van der Waals surface area (Å²) in [5.74, 6) is -1.45. The monoisotopic (exact) mass is 285 g/mol. The topological polar surface area (TPSA) is 75.6 Å². The number of hydrogen-bond donors (Lipinski definition) is 2.